The van der Waals surface area contributed by atoms with E-state index in [2.05, 4.69) is 0 Å². The highest BCUT2D eigenvalue weighted by molar-refractivity contribution is 7.17. The molecular formula is C9H7FOS. The predicted octanol–water partition coefficient (Wildman–Crippen LogP) is 3.05. The summed E-state index contributed by atoms with van der Waals surface area (Å²) in [6.07, 6.45) is 0. The van der Waals surface area contributed by atoms with Crippen LogP contribution in [0.5, 0.6) is 5.75 Å². The number of halogens is 1. The Morgan fingerprint density at radius 2 is 2.17 bits per heavy atom. The number of rotatable bonds is 1. The quantitative estimate of drug-likeness (QED) is 0.658. The molecule has 1 aromatic heterocycles. The van der Waals surface area contributed by atoms with E-state index in [0.29, 0.717) is 5.75 Å². The van der Waals surface area contributed by atoms with Gasteiger partial charge in [-0.1, -0.05) is 0 Å². The van der Waals surface area contributed by atoms with Crippen molar-refractivity contribution in [1.82, 2.24) is 0 Å². The summed E-state index contributed by atoms with van der Waals surface area (Å²) in [5.41, 5.74) is 0. The number of ether oxygens (including phenoxy) is 1. The Morgan fingerprint density at radius 3 is 2.92 bits per heavy atom. The Bertz CT molecular complexity index is 408. The Hall–Kier alpha value is -1.09. The van der Waals surface area contributed by atoms with Gasteiger partial charge in [-0.25, -0.2) is 4.39 Å². The van der Waals surface area contributed by atoms with Crippen LogP contribution in [0.3, 0.4) is 0 Å². The summed E-state index contributed by atoms with van der Waals surface area (Å²) in [6.45, 7) is 0. The maximum absolute atomic E-state index is 13.1. The SMILES string of the molecule is COc1c(F)ccc2sccc12. The van der Waals surface area contributed by atoms with E-state index in [1.165, 1.54) is 13.2 Å². The number of fused-ring (bicyclic) bond motifs is 1. The number of thiophene rings is 1. The minimum Gasteiger partial charge on any atom is -0.493 e. The molecule has 1 aromatic carbocycles. The minimum atomic E-state index is -0.302. The van der Waals surface area contributed by atoms with Crippen LogP contribution in [-0.4, -0.2) is 7.11 Å². The molecule has 0 fully saturated rings. The highest BCUT2D eigenvalue weighted by Crippen LogP contribution is 2.31. The zero-order chi connectivity index (χ0) is 8.55. The fraction of sp³-hybridized carbons (Fsp3) is 0.111. The van der Waals surface area contributed by atoms with E-state index in [1.807, 2.05) is 11.4 Å². The van der Waals surface area contributed by atoms with Gasteiger partial charge in [-0.3, -0.25) is 0 Å². The molecule has 2 aromatic rings. The van der Waals surface area contributed by atoms with Gasteiger partial charge in [0.05, 0.1) is 7.11 Å². The molecule has 0 spiro atoms. The molecule has 0 amide bonds. The normalized spacial score (nSPS) is 10.5. The monoisotopic (exact) mass is 182 g/mol. The van der Waals surface area contributed by atoms with Crippen LogP contribution < -0.4 is 4.74 Å². The number of benzene rings is 1. The van der Waals surface area contributed by atoms with Crippen molar-refractivity contribution in [3.8, 4) is 5.75 Å². The number of methoxy groups -OCH3 is 1. The molecule has 0 aliphatic rings. The van der Waals surface area contributed by atoms with Crippen LogP contribution in [0.15, 0.2) is 23.6 Å². The first-order chi connectivity index (χ1) is 5.83. The van der Waals surface area contributed by atoms with E-state index < -0.39 is 0 Å². The zero-order valence-electron chi connectivity index (χ0n) is 6.50. The highest BCUT2D eigenvalue weighted by Gasteiger charge is 2.07. The first-order valence-corrected chi connectivity index (χ1v) is 4.40. The van der Waals surface area contributed by atoms with Crippen LogP contribution in [0, 0.1) is 5.82 Å². The van der Waals surface area contributed by atoms with E-state index >= 15 is 0 Å². The summed E-state index contributed by atoms with van der Waals surface area (Å²) in [6, 6.07) is 5.05. The lowest BCUT2D eigenvalue weighted by molar-refractivity contribution is 0.392. The molecule has 0 aliphatic heterocycles. The molecule has 62 valence electrons. The van der Waals surface area contributed by atoms with Gasteiger partial charge in [0.25, 0.3) is 0 Å². The van der Waals surface area contributed by atoms with Gasteiger partial charge in [-0.05, 0) is 23.6 Å². The van der Waals surface area contributed by atoms with Crippen LogP contribution in [-0.2, 0) is 0 Å². The first-order valence-electron chi connectivity index (χ1n) is 3.52. The van der Waals surface area contributed by atoms with E-state index in [-0.39, 0.29) is 5.82 Å². The summed E-state index contributed by atoms with van der Waals surface area (Å²) in [7, 11) is 1.48. The lowest BCUT2D eigenvalue weighted by Crippen LogP contribution is -1.87. The molecule has 1 nitrogen and oxygen atoms in total. The second-order valence-electron chi connectivity index (χ2n) is 2.41. The van der Waals surface area contributed by atoms with Gasteiger partial charge in [0.2, 0.25) is 0 Å². The van der Waals surface area contributed by atoms with E-state index in [1.54, 1.807) is 17.4 Å². The van der Waals surface area contributed by atoms with Crippen LogP contribution in [0.2, 0.25) is 0 Å². The second kappa shape index (κ2) is 2.75. The topological polar surface area (TPSA) is 9.23 Å². The lowest BCUT2D eigenvalue weighted by Gasteiger charge is -2.01. The van der Waals surface area contributed by atoms with E-state index in [0.717, 1.165) is 10.1 Å². The van der Waals surface area contributed by atoms with Crippen LogP contribution in [0.1, 0.15) is 0 Å². The summed E-state index contributed by atoms with van der Waals surface area (Å²) >= 11 is 1.58. The summed E-state index contributed by atoms with van der Waals surface area (Å²) in [5, 5.41) is 2.77. The Morgan fingerprint density at radius 1 is 1.33 bits per heavy atom. The number of hydrogen-bond acceptors (Lipinski definition) is 2. The Balaban J connectivity index is 2.83. The van der Waals surface area contributed by atoms with Crippen molar-refractivity contribution in [3.63, 3.8) is 0 Å². The smallest absolute Gasteiger partial charge is 0.165 e. The first kappa shape index (κ1) is 7.55. The average molecular weight is 182 g/mol. The van der Waals surface area contributed by atoms with Gasteiger partial charge in [0, 0.05) is 10.1 Å². The molecule has 0 unspecified atom stereocenters. The molecule has 0 saturated carbocycles. The molecule has 12 heavy (non-hydrogen) atoms. The highest BCUT2D eigenvalue weighted by atomic mass is 32.1. The maximum atomic E-state index is 13.1. The standard InChI is InChI=1S/C9H7FOS/c1-11-9-6-4-5-12-8(6)3-2-7(9)10/h2-5H,1H3. The minimum absolute atomic E-state index is 0.302. The van der Waals surface area contributed by atoms with Gasteiger partial charge in [-0.2, -0.15) is 0 Å². The third-order valence-electron chi connectivity index (χ3n) is 1.74. The summed E-state index contributed by atoms with van der Waals surface area (Å²) < 4.78 is 19.1. The van der Waals surface area contributed by atoms with Crippen molar-refractivity contribution in [3.05, 3.63) is 29.4 Å². The fourth-order valence-electron chi connectivity index (χ4n) is 1.20. The largest absolute Gasteiger partial charge is 0.493 e. The molecule has 3 heteroatoms. The second-order valence-corrected chi connectivity index (χ2v) is 3.36. The Kier molecular flexibility index (Phi) is 1.73. The third kappa shape index (κ3) is 0.975. The van der Waals surface area contributed by atoms with Gasteiger partial charge in [0.15, 0.2) is 11.6 Å². The van der Waals surface area contributed by atoms with Crippen LogP contribution in [0.25, 0.3) is 10.1 Å². The van der Waals surface area contributed by atoms with Crippen molar-refractivity contribution in [2.24, 2.45) is 0 Å². The molecule has 0 bridgehead atoms. The molecule has 0 aliphatic carbocycles. The van der Waals surface area contributed by atoms with Crippen molar-refractivity contribution >= 4 is 21.4 Å². The van der Waals surface area contributed by atoms with Crippen molar-refractivity contribution in [1.29, 1.82) is 0 Å². The summed E-state index contributed by atoms with van der Waals surface area (Å²) in [4.78, 5) is 0. The third-order valence-corrected chi connectivity index (χ3v) is 2.62. The molecule has 1 heterocycles. The molecular weight excluding hydrogens is 175 g/mol. The molecule has 0 atom stereocenters. The van der Waals surface area contributed by atoms with Gasteiger partial charge >= 0.3 is 0 Å². The van der Waals surface area contributed by atoms with Crippen LogP contribution in [0.4, 0.5) is 4.39 Å². The molecule has 0 saturated heterocycles. The molecule has 2 rings (SSSR count). The van der Waals surface area contributed by atoms with E-state index in [4.69, 9.17) is 4.74 Å². The lowest BCUT2D eigenvalue weighted by atomic mass is 10.2. The number of hydrogen-bond donors (Lipinski definition) is 0. The van der Waals surface area contributed by atoms with Gasteiger partial charge in [0.1, 0.15) is 0 Å². The van der Waals surface area contributed by atoms with Crippen molar-refractivity contribution in [2.45, 2.75) is 0 Å². The zero-order valence-corrected chi connectivity index (χ0v) is 7.32. The van der Waals surface area contributed by atoms with E-state index in [9.17, 15) is 4.39 Å². The molecule has 0 N–H and O–H groups in total. The predicted molar refractivity (Wildman–Crippen MR) is 48.3 cm³/mol. The van der Waals surface area contributed by atoms with Crippen molar-refractivity contribution < 1.29 is 9.13 Å². The Labute approximate surface area is 73.4 Å². The fourth-order valence-corrected chi connectivity index (χ4v) is 1.98. The van der Waals surface area contributed by atoms with Crippen molar-refractivity contribution in [2.75, 3.05) is 7.11 Å². The van der Waals surface area contributed by atoms with Gasteiger partial charge in [-0.15, -0.1) is 11.3 Å². The molecule has 0 radical (unpaired) electrons. The van der Waals surface area contributed by atoms with Crippen LogP contribution >= 0.6 is 11.3 Å². The summed E-state index contributed by atoms with van der Waals surface area (Å²) in [5.74, 6) is 0.0390. The average Bonchev–Trinajstić information content (AvgIpc) is 2.52. The maximum Gasteiger partial charge on any atom is 0.165 e. The van der Waals surface area contributed by atoms with Gasteiger partial charge < -0.3 is 4.74 Å².